The molecular formula is C19H21ClN2O2. The number of carbonyl (C=O) groups is 1. The molecule has 1 aliphatic heterocycles. The molecule has 1 aliphatic rings. The molecule has 0 N–H and O–H groups in total. The summed E-state index contributed by atoms with van der Waals surface area (Å²) in [4.78, 5) is 16.7. The third-order valence-electron chi connectivity index (χ3n) is 4.19. The highest BCUT2D eigenvalue weighted by atomic mass is 35.5. The Morgan fingerprint density at radius 2 is 1.79 bits per heavy atom. The molecule has 2 aromatic carbocycles. The maximum atomic E-state index is 12.6. The summed E-state index contributed by atoms with van der Waals surface area (Å²) in [6, 6.07) is 15.2. The van der Waals surface area contributed by atoms with Gasteiger partial charge in [-0.15, -0.1) is 0 Å². The number of hydrogen-bond acceptors (Lipinski definition) is 3. The van der Waals surface area contributed by atoms with E-state index >= 15 is 0 Å². The van der Waals surface area contributed by atoms with Crippen LogP contribution in [0, 0.1) is 0 Å². The van der Waals surface area contributed by atoms with Crippen LogP contribution in [0.15, 0.2) is 48.5 Å². The van der Waals surface area contributed by atoms with Crippen LogP contribution in [0.1, 0.15) is 15.9 Å². The molecule has 2 aromatic rings. The van der Waals surface area contributed by atoms with Crippen molar-refractivity contribution in [3.05, 3.63) is 64.7 Å². The van der Waals surface area contributed by atoms with Crippen LogP contribution in [0.3, 0.4) is 0 Å². The summed E-state index contributed by atoms with van der Waals surface area (Å²) in [5.74, 6) is -0.0107. The van der Waals surface area contributed by atoms with Gasteiger partial charge in [0.2, 0.25) is 0 Å². The van der Waals surface area contributed by atoms with Crippen molar-refractivity contribution in [3.8, 4) is 0 Å². The molecule has 1 saturated heterocycles. The van der Waals surface area contributed by atoms with Gasteiger partial charge < -0.3 is 14.5 Å². The average molecular weight is 345 g/mol. The molecule has 3 rings (SSSR count). The Morgan fingerprint density at radius 1 is 1.12 bits per heavy atom. The van der Waals surface area contributed by atoms with E-state index in [0.29, 0.717) is 17.1 Å². The van der Waals surface area contributed by atoms with E-state index in [4.69, 9.17) is 16.3 Å². The predicted octanol–water partition coefficient (Wildman–Crippen LogP) is 3.45. The third-order valence-corrected chi connectivity index (χ3v) is 4.44. The molecule has 0 aliphatic carbocycles. The minimum Gasteiger partial charge on any atom is -0.378 e. The van der Waals surface area contributed by atoms with Gasteiger partial charge in [0, 0.05) is 43.0 Å². The van der Waals surface area contributed by atoms with Gasteiger partial charge in [-0.2, -0.15) is 0 Å². The van der Waals surface area contributed by atoms with Gasteiger partial charge in [0.25, 0.3) is 5.91 Å². The van der Waals surface area contributed by atoms with Crippen molar-refractivity contribution in [2.24, 2.45) is 0 Å². The lowest BCUT2D eigenvalue weighted by Gasteiger charge is -2.31. The molecule has 0 atom stereocenters. The maximum absolute atomic E-state index is 12.6. The minimum absolute atomic E-state index is 0.0107. The van der Waals surface area contributed by atoms with E-state index in [2.05, 4.69) is 17.0 Å². The molecule has 1 fully saturated rings. The summed E-state index contributed by atoms with van der Waals surface area (Å²) in [6.07, 6.45) is 0. The van der Waals surface area contributed by atoms with Crippen LogP contribution in [0.5, 0.6) is 0 Å². The van der Waals surface area contributed by atoms with Crippen molar-refractivity contribution in [1.29, 1.82) is 0 Å². The van der Waals surface area contributed by atoms with Crippen LogP contribution in [-0.4, -0.2) is 44.2 Å². The molecule has 126 valence electrons. The van der Waals surface area contributed by atoms with E-state index in [9.17, 15) is 4.79 Å². The Kier molecular flexibility index (Phi) is 5.38. The Morgan fingerprint density at radius 3 is 2.50 bits per heavy atom. The molecule has 5 heteroatoms. The quantitative estimate of drug-likeness (QED) is 0.851. The fourth-order valence-corrected chi connectivity index (χ4v) is 3.02. The summed E-state index contributed by atoms with van der Waals surface area (Å²) in [6.45, 7) is 3.81. The number of carbonyl (C=O) groups excluding carboxylic acids is 1. The second kappa shape index (κ2) is 7.69. The number of anilines is 1. The first-order valence-electron chi connectivity index (χ1n) is 8.07. The Labute approximate surface area is 147 Å². The molecule has 24 heavy (non-hydrogen) atoms. The van der Waals surface area contributed by atoms with Gasteiger partial charge in [-0.3, -0.25) is 4.79 Å². The molecule has 1 amide bonds. The zero-order chi connectivity index (χ0) is 16.9. The lowest BCUT2D eigenvalue weighted by molar-refractivity contribution is 0.0785. The lowest BCUT2D eigenvalue weighted by Crippen LogP contribution is -2.37. The van der Waals surface area contributed by atoms with Crippen molar-refractivity contribution >= 4 is 23.2 Å². The SMILES string of the molecule is CN(Cc1ccccc1N1CCOCC1)C(=O)c1ccc(Cl)cc1. The van der Waals surface area contributed by atoms with E-state index in [1.165, 1.54) is 5.69 Å². The van der Waals surface area contributed by atoms with E-state index in [0.717, 1.165) is 31.9 Å². The van der Waals surface area contributed by atoms with Gasteiger partial charge in [-0.1, -0.05) is 29.8 Å². The molecule has 1 heterocycles. The second-order valence-electron chi connectivity index (χ2n) is 5.90. The van der Waals surface area contributed by atoms with Gasteiger partial charge in [0.05, 0.1) is 13.2 Å². The summed E-state index contributed by atoms with van der Waals surface area (Å²) < 4.78 is 5.43. The molecule has 0 aromatic heterocycles. The van der Waals surface area contributed by atoms with Crippen LogP contribution in [0.4, 0.5) is 5.69 Å². The Balaban J connectivity index is 1.75. The minimum atomic E-state index is -0.0107. The number of ether oxygens (including phenoxy) is 1. The van der Waals surface area contributed by atoms with Crippen molar-refractivity contribution in [2.45, 2.75) is 6.54 Å². The fourth-order valence-electron chi connectivity index (χ4n) is 2.90. The van der Waals surface area contributed by atoms with Gasteiger partial charge in [0.1, 0.15) is 0 Å². The standard InChI is InChI=1S/C19H21ClN2O2/c1-21(19(23)15-6-8-17(20)9-7-15)14-16-4-2-3-5-18(16)22-10-12-24-13-11-22/h2-9H,10-14H2,1H3. The molecule has 4 nitrogen and oxygen atoms in total. The smallest absolute Gasteiger partial charge is 0.253 e. The highest BCUT2D eigenvalue weighted by molar-refractivity contribution is 6.30. The summed E-state index contributed by atoms with van der Waals surface area (Å²) in [5, 5.41) is 0.631. The molecule has 0 saturated carbocycles. The number of benzene rings is 2. The second-order valence-corrected chi connectivity index (χ2v) is 6.33. The molecular weight excluding hydrogens is 324 g/mol. The van der Waals surface area contributed by atoms with Gasteiger partial charge >= 0.3 is 0 Å². The highest BCUT2D eigenvalue weighted by Crippen LogP contribution is 2.23. The van der Waals surface area contributed by atoms with E-state index in [1.54, 1.807) is 29.2 Å². The lowest BCUT2D eigenvalue weighted by atomic mass is 10.1. The number of para-hydroxylation sites is 1. The number of rotatable bonds is 4. The van der Waals surface area contributed by atoms with Gasteiger partial charge in [-0.05, 0) is 35.9 Å². The molecule has 0 radical (unpaired) electrons. The fraction of sp³-hybridized carbons (Fsp3) is 0.316. The largest absolute Gasteiger partial charge is 0.378 e. The van der Waals surface area contributed by atoms with Crippen molar-refractivity contribution in [3.63, 3.8) is 0 Å². The predicted molar refractivity (Wildman–Crippen MR) is 96.7 cm³/mol. The average Bonchev–Trinajstić information content (AvgIpc) is 2.63. The van der Waals surface area contributed by atoms with Crippen molar-refractivity contribution in [1.82, 2.24) is 4.90 Å². The summed E-state index contributed by atoms with van der Waals surface area (Å²) >= 11 is 5.89. The first-order chi connectivity index (χ1) is 11.6. The first kappa shape index (κ1) is 16.8. The normalized spacial score (nSPS) is 14.5. The Bertz CT molecular complexity index is 697. The monoisotopic (exact) mass is 344 g/mol. The van der Waals surface area contributed by atoms with Crippen LogP contribution in [-0.2, 0) is 11.3 Å². The zero-order valence-corrected chi connectivity index (χ0v) is 14.5. The van der Waals surface area contributed by atoms with E-state index in [-0.39, 0.29) is 5.91 Å². The van der Waals surface area contributed by atoms with E-state index in [1.807, 2.05) is 19.2 Å². The van der Waals surface area contributed by atoms with Crippen LogP contribution in [0.25, 0.3) is 0 Å². The molecule has 0 unspecified atom stereocenters. The highest BCUT2D eigenvalue weighted by Gasteiger charge is 2.17. The summed E-state index contributed by atoms with van der Waals surface area (Å²) in [5.41, 5.74) is 2.96. The maximum Gasteiger partial charge on any atom is 0.253 e. The number of amides is 1. The topological polar surface area (TPSA) is 32.8 Å². The van der Waals surface area contributed by atoms with Gasteiger partial charge in [0.15, 0.2) is 0 Å². The van der Waals surface area contributed by atoms with Crippen molar-refractivity contribution < 1.29 is 9.53 Å². The van der Waals surface area contributed by atoms with Gasteiger partial charge in [-0.25, -0.2) is 0 Å². The molecule has 0 bridgehead atoms. The van der Waals surface area contributed by atoms with Crippen LogP contribution in [0.2, 0.25) is 5.02 Å². The number of hydrogen-bond donors (Lipinski definition) is 0. The Hall–Kier alpha value is -2.04. The van der Waals surface area contributed by atoms with E-state index < -0.39 is 0 Å². The number of nitrogens with zero attached hydrogens (tertiary/aromatic N) is 2. The van der Waals surface area contributed by atoms with Crippen molar-refractivity contribution in [2.75, 3.05) is 38.3 Å². The zero-order valence-electron chi connectivity index (χ0n) is 13.7. The summed E-state index contributed by atoms with van der Waals surface area (Å²) in [7, 11) is 1.83. The van der Waals surface area contributed by atoms with Crippen LogP contribution >= 0.6 is 11.6 Å². The number of halogens is 1. The first-order valence-corrected chi connectivity index (χ1v) is 8.44. The third kappa shape index (κ3) is 3.89. The molecule has 0 spiro atoms. The number of morpholine rings is 1. The van der Waals surface area contributed by atoms with Crippen LogP contribution < -0.4 is 4.90 Å².